The fourth-order valence-corrected chi connectivity index (χ4v) is 3.54. The molecule has 0 aromatic carbocycles. The second-order valence-electron chi connectivity index (χ2n) is 6.46. The van der Waals surface area contributed by atoms with Crippen LogP contribution in [0.3, 0.4) is 0 Å². The Hall–Kier alpha value is -2.11. The van der Waals surface area contributed by atoms with Crippen molar-refractivity contribution < 1.29 is 4.74 Å². The van der Waals surface area contributed by atoms with E-state index in [9.17, 15) is 0 Å². The minimum absolute atomic E-state index is 0.197. The number of hydrogen-bond donors (Lipinski definition) is 1. The normalized spacial score (nSPS) is 20.7. The predicted molar refractivity (Wildman–Crippen MR) is 98.0 cm³/mol. The van der Waals surface area contributed by atoms with Gasteiger partial charge in [0.25, 0.3) is 0 Å². The topological polar surface area (TPSA) is 51.5 Å². The molecule has 1 aliphatic rings. The molecule has 3 aromatic rings. The van der Waals surface area contributed by atoms with E-state index in [0.29, 0.717) is 16.9 Å². The number of nitrogens with one attached hydrogen (secondary N) is 1. The maximum absolute atomic E-state index is 6.12. The molecule has 4 rings (SSSR count). The minimum atomic E-state index is 0.197. The molecule has 1 aliphatic carbocycles. The van der Waals surface area contributed by atoms with Crippen molar-refractivity contribution in [1.29, 1.82) is 0 Å². The fourth-order valence-electron chi connectivity index (χ4n) is 3.38. The van der Waals surface area contributed by atoms with Crippen LogP contribution < -0.4 is 10.1 Å². The quantitative estimate of drug-likeness (QED) is 0.754. The van der Waals surface area contributed by atoms with Gasteiger partial charge in [-0.05, 0) is 49.9 Å². The van der Waals surface area contributed by atoms with Crippen molar-refractivity contribution in [2.75, 3.05) is 0 Å². The number of ether oxygens (including phenoxy) is 1. The summed E-state index contributed by atoms with van der Waals surface area (Å²) in [4.78, 5) is 4.21. The van der Waals surface area contributed by atoms with E-state index in [1.807, 2.05) is 41.2 Å². The van der Waals surface area contributed by atoms with E-state index >= 15 is 0 Å². The molecule has 0 bridgehead atoms. The summed E-state index contributed by atoms with van der Waals surface area (Å²) in [7, 11) is 0. The third kappa shape index (κ3) is 3.78. The van der Waals surface area contributed by atoms with Crippen molar-refractivity contribution in [2.24, 2.45) is 0 Å². The number of halogens is 1. The summed E-state index contributed by atoms with van der Waals surface area (Å²) in [5, 5.41) is 8.63. The summed E-state index contributed by atoms with van der Waals surface area (Å²) in [5.74, 6) is 0.548. The Morgan fingerprint density at radius 2 is 2.04 bits per heavy atom. The number of pyridine rings is 2. The lowest BCUT2D eigenvalue weighted by Gasteiger charge is -2.29. The number of rotatable bonds is 5. The van der Waals surface area contributed by atoms with Crippen LogP contribution in [0.15, 0.2) is 48.9 Å². The predicted octanol–water partition coefficient (Wildman–Crippen LogP) is 3.86. The van der Waals surface area contributed by atoms with Gasteiger partial charge < -0.3 is 10.1 Å². The summed E-state index contributed by atoms with van der Waals surface area (Å²) >= 11 is 6.12. The molecule has 0 unspecified atom stereocenters. The molecule has 1 saturated carbocycles. The largest absolute Gasteiger partial charge is 0.473 e. The molecule has 3 aromatic heterocycles. The molecule has 3 heterocycles. The average Bonchev–Trinajstić information content (AvgIpc) is 3.06. The van der Waals surface area contributed by atoms with Gasteiger partial charge in [-0.25, -0.2) is 9.50 Å². The van der Waals surface area contributed by atoms with Crippen LogP contribution >= 0.6 is 11.6 Å². The fraction of sp³-hybridized carbons (Fsp3) is 0.368. The van der Waals surface area contributed by atoms with Gasteiger partial charge in [-0.3, -0.25) is 0 Å². The highest BCUT2D eigenvalue weighted by Gasteiger charge is 2.23. The van der Waals surface area contributed by atoms with Crippen LogP contribution in [-0.4, -0.2) is 26.7 Å². The number of fused-ring (bicyclic) bond motifs is 1. The standard InChI is InChI=1S/C19H21ClN4O/c20-17-4-3-10-21-19(17)25-16-8-6-15(7-9-16)22-12-14-13-23-24-11-2-1-5-18(14)24/h1-5,10-11,13,15-16,22H,6-9,12H2. The van der Waals surface area contributed by atoms with Gasteiger partial charge in [0.05, 0.1) is 11.7 Å². The van der Waals surface area contributed by atoms with E-state index in [1.54, 1.807) is 6.20 Å². The highest BCUT2D eigenvalue weighted by Crippen LogP contribution is 2.27. The number of nitrogens with zero attached hydrogens (tertiary/aromatic N) is 3. The Labute approximate surface area is 152 Å². The molecule has 25 heavy (non-hydrogen) atoms. The van der Waals surface area contributed by atoms with Crippen LogP contribution in [-0.2, 0) is 6.54 Å². The number of aromatic nitrogens is 3. The van der Waals surface area contributed by atoms with Crippen molar-refractivity contribution >= 4 is 17.1 Å². The van der Waals surface area contributed by atoms with E-state index in [1.165, 1.54) is 5.56 Å². The maximum atomic E-state index is 6.12. The molecule has 0 radical (unpaired) electrons. The van der Waals surface area contributed by atoms with Crippen LogP contribution in [0.2, 0.25) is 5.02 Å². The summed E-state index contributed by atoms with van der Waals surface area (Å²) in [6.45, 7) is 0.843. The van der Waals surface area contributed by atoms with Crippen molar-refractivity contribution in [3.63, 3.8) is 0 Å². The zero-order valence-corrected chi connectivity index (χ0v) is 14.7. The third-order valence-corrected chi connectivity index (χ3v) is 5.05. The first-order valence-corrected chi connectivity index (χ1v) is 9.09. The lowest BCUT2D eigenvalue weighted by Crippen LogP contribution is -2.36. The minimum Gasteiger partial charge on any atom is -0.473 e. The van der Waals surface area contributed by atoms with Gasteiger partial charge >= 0.3 is 0 Å². The van der Waals surface area contributed by atoms with Gasteiger partial charge in [0.15, 0.2) is 0 Å². The molecule has 1 N–H and O–H groups in total. The van der Waals surface area contributed by atoms with E-state index in [2.05, 4.69) is 21.5 Å². The second kappa shape index (κ2) is 7.42. The van der Waals surface area contributed by atoms with Gasteiger partial charge in [-0.1, -0.05) is 17.7 Å². The van der Waals surface area contributed by atoms with Gasteiger partial charge in [-0.15, -0.1) is 0 Å². The van der Waals surface area contributed by atoms with Crippen LogP contribution in [0.25, 0.3) is 5.52 Å². The smallest absolute Gasteiger partial charge is 0.232 e. The van der Waals surface area contributed by atoms with Gasteiger partial charge in [0.1, 0.15) is 11.1 Å². The van der Waals surface area contributed by atoms with Crippen LogP contribution in [0.5, 0.6) is 5.88 Å². The highest BCUT2D eigenvalue weighted by molar-refractivity contribution is 6.31. The van der Waals surface area contributed by atoms with E-state index in [0.717, 1.165) is 37.7 Å². The lowest BCUT2D eigenvalue weighted by atomic mass is 9.93. The van der Waals surface area contributed by atoms with Crippen LogP contribution in [0, 0.1) is 0 Å². The molecule has 130 valence electrons. The Bertz CT molecular complexity index is 842. The Morgan fingerprint density at radius 1 is 1.16 bits per heavy atom. The Balaban J connectivity index is 1.28. The summed E-state index contributed by atoms with van der Waals surface area (Å²) < 4.78 is 7.87. The summed E-state index contributed by atoms with van der Waals surface area (Å²) in [6, 6.07) is 10.3. The maximum Gasteiger partial charge on any atom is 0.232 e. The molecule has 6 heteroatoms. The van der Waals surface area contributed by atoms with Gasteiger partial charge in [0, 0.05) is 30.5 Å². The second-order valence-corrected chi connectivity index (χ2v) is 6.87. The van der Waals surface area contributed by atoms with Crippen LogP contribution in [0.1, 0.15) is 31.2 Å². The number of hydrogen-bond acceptors (Lipinski definition) is 4. The molecule has 0 saturated heterocycles. The molecule has 5 nitrogen and oxygen atoms in total. The molecule has 0 atom stereocenters. The highest BCUT2D eigenvalue weighted by atomic mass is 35.5. The molecule has 1 fully saturated rings. The van der Waals surface area contributed by atoms with Crippen molar-refractivity contribution in [3.05, 3.63) is 59.5 Å². The molecular formula is C19H21ClN4O. The first kappa shape index (κ1) is 16.4. The van der Waals surface area contributed by atoms with Crippen molar-refractivity contribution in [2.45, 2.75) is 44.4 Å². The first-order valence-electron chi connectivity index (χ1n) is 8.71. The Morgan fingerprint density at radius 3 is 2.88 bits per heavy atom. The monoisotopic (exact) mass is 356 g/mol. The van der Waals surface area contributed by atoms with E-state index in [4.69, 9.17) is 16.3 Å². The Kier molecular flexibility index (Phi) is 4.85. The van der Waals surface area contributed by atoms with Crippen LogP contribution in [0.4, 0.5) is 0 Å². The van der Waals surface area contributed by atoms with Crippen molar-refractivity contribution in [1.82, 2.24) is 19.9 Å². The zero-order chi connectivity index (χ0) is 17.1. The summed E-state index contributed by atoms with van der Waals surface area (Å²) in [6.07, 6.45) is 10.0. The van der Waals surface area contributed by atoms with Crippen molar-refractivity contribution in [3.8, 4) is 5.88 Å². The molecule has 0 amide bonds. The van der Waals surface area contributed by atoms with Gasteiger partial charge in [-0.2, -0.15) is 5.10 Å². The molecule has 0 aliphatic heterocycles. The summed E-state index contributed by atoms with van der Waals surface area (Å²) in [5.41, 5.74) is 2.40. The SMILES string of the molecule is Clc1cccnc1OC1CCC(NCc2cnn3ccccc23)CC1. The van der Waals surface area contributed by atoms with E-state index < -0.39 is 0 Å². The lowest BCUT2D eigenvalue weighted by molar-refractivity contribution is 0.134. The van der Waals surface area contributed by atoms with Gasteiger partial charge in [0.2, 0.25) is 5.88 Å². The third-order valence-electron chi connectivity index (χ3n) is 4.76. The molecule has 0 spiro atoms. The van der Waals surface area contributed by atoms with E-state index in [-0.39, 0.29) is 6.10 Å². The zero-order valence-electron chi connectivity index (χ0n) is 13.9. The molecular weight excluding hydrogens is 336 g/mol. The average molecular weight is 357 g/mol. The first-order chi connectivity index (χ1) is 12.3.